The Hall–Kier alpha value is -2.08. The van der Waals surface area contributed by atoms with Crippen molar-refractivity contribution in [1.82, 2.24) is 0 Å². The van der Waals surface area contributed by atoms with Crippen molar-refractivity contribution < 1.29 is 0 Å². The van der Waals surface area contributed by atoms with Crippen LogP contribution in [0.2, 0.25) is 0 Å². The zero-order valence-electron chi connectivity index (χ0n) is 13.3. The first-order chi connectivity index (χ1) is 10.7. The Balaban J connectivity index is 1.50. The van der Waals surface area contributed by atoms with Crippen molar-refractivity contribution in [2.24, 2.45) is 0 Å². The van der Waals surface area contributed by atoms with Crippen molar-refractivity contribution in [3.05, 3.63) is 81.9 Å². The monoisotopic (exact) mass is 286 g/mol. The molecule has 110 valence electrons. The van der Waals surface area contributed by atoms with Crippen LogP contribution in [0.3, 0.4) is 0 Å². The minimum absolute atomic E-state index is 0.580. The molecule has 2 aliphatic carbocycles. The fraction of sp³-hybridized carbons (Fsp3) is 0.273. The molecule has 0 heterocycles. The minimum Gasteiger partial charge on any atom is -0.0621 e. The third-order valence-electron chi connectivity index (χ3n) is 5.42. The molecule has 0 aromatic heterocycles. The molecule has 2 aliphatic rings. The van der Waals surface area contributed by atoms with Gasteiger partial charge in [-0.1, -0.05) is 85.7 Å². The molecule has 0 nitrogen and oxygen atoms in total. The van der Waals surface area contributed by atoms with Crippen molar-refractivity contribution in [3.8, 4) is 0 Å². The van der Waals surface area contributed by atoms with Crippen molar-refractivity contribution in [2.75, 3.05) is 0 Å². The van der Waals surface area contributed by atoms with Gasteiger partial charge < -0.3 is 0 Å². The van der Waals surface area contributed by atoms with Crippen molar-refractivity contribution in [1.29, 1.82) is 0 Å². The molecule has 0 N–H and O–H groups in total. The Bertz CT molecular complexity index is 709. The molecule has 4 rings (SSSR count). The Morgan fingerprint density at radius 2 is 1.05 bits per heavy atom. The second kappa shape index (κ2) is 5.28. The lowest BCUT2D eigenvalue weighted by Gasteiger charge is -2.14. The molecule has 0 bridgehead atoms. The second-order valence-corrected chi connectivity index (χ2v) is 6.64. The van der Waals surface area contributed by atoms with E-state index in [4.69, 9.17) is 0 Å². The number of benzene rings is 2. The summed E-state index contributed by atoms with van der Waals surface area (Å²) in [5.41, 5.74) is 9.00. The van der Waals surface area contributed by atoms with E-state index in [0.717, 1.165) is 0 Å². The van der Waals surface area contributed by atoms with Gasteiger partial charge in [0.1, 0.15) is 0 Å². The van der Waals surface area contributed by atoms with Crippen LogP contribution in [-0.4, -0.2) is 0 Å². The van der Waals surface area contributed by atoms with Crippen LogP contribution in [0.15, 0.2) is 59.7 Å². The lowest BCUT2D eigenvalue weighted by molar-refractivity contribution is 0.771. The highest BCUT2D eigenvalue weighted by Gasteiger charge is 2.24. The topological polar surface area (TPSA) is 0 Å². The van der Waals surface area contributed by atoms with Gasteiger partial charge in [0.25, 0.3) is 0 Å². The number of hydrogen-bond acceptors (Lipinski definition) is 0. The summed E-state index contributed by atoms with van der Waals surface area (Å²) in [7, 11) is 0. The molecule has 0 aliphatic heterocycles. The van der Waals surface area contributed by atoms with Gasteiger partial charge in [-0.2, -0.15) is 0 Å². The van der Waals surface area contributed by atoms with Crippen LogP contribution in [-0.2, 0) is 0 Å². The van der Waals surface area contributed by atoms with E-state index in [-0.39, 0.29) is 0 Å². The average Bonchev–Trinajstić information content (AvgIpc) is 3.04. The van der Waals surface area contributed by atoms with Crippen LogP contribution in [0.4, 0.5) is 0 Å². The molecule has 2 aromatic rings. The van der Waals surface area contributed by atoms with Gasteiger partial charge in [-0.25, -0.2) is 0 Å². The summed E-state index contributed by atoms with van der Waals surface area (Å²) in [6.45, 7) is 4.69. The second-order valence-electron chi connectivity index (χ2n) is 6.64. The smallest absolute Gasteiger partial charge is 0.00291 e. The molecule has 22 heavy (non-hydrogen) atoms. The van der Waals surface area contributed by atoms with E-state index in [2.05, 4.69) is 74.5 Å². The third-order valence-corrected chi connectivity index (χ3v) is 5.42. The van der Waals surface area contributed by atoms with Crippen LogP contribution in [0.25, 0.3) is 12.2 Å². The maximum Gasteiger partial charge on any atom is 0.00291 e. The standard InChI is InChI=1S/C22H22/c1-15-17(13-19-7-3-5-9-21(15)19)11-12-18-14-20-8-4-6-10-22(20)16(18)2/h3-10,13-16H,11-12H2,1-2H3. The zero-order chi connectivity index (χ0) is 15.1. The predicted octanol–water partition coefficient (Wildman–Crippen LogP) is 6.17. The van der Waals surface area contributed by atoms with E-state index in [1.807, 2.05) is 0 Å². The van der Waals surface area contributed by atoms with Crippen LogP contribution < -0.4 is 0 Å². The molecule has 2 atom stereocenters. The maximum atomic E-state index is 2.41. The van der Waals surface area contributed by atoms with Gasteiger partial charge in [-0.3, -0.25) is 0 Å². The summed E-state index contributed by atoms with van der Waals surface area (Å²) in [6, 6.07) is 17.6. The summed E-state index contributed by atoms with van der Waals surface area (Å²) >= 11 is 0. The Labute approximate surface area is 133 Å². The maximum absolute atomic E-state index is 2.41. The summed E-state index contributed by atoms with van der Waals surface area (Å²) in [5, 5.41) is 0. The summed E-state index contributed by atoms with van der Waals surface area (Å²) in [6.07, 6.45) is 7.18. The van der Waals surface area contributed by atoms with Gasteiger partial charge in [0.05, 0.1) is 0 Å². The van der Waals surface area contributed by atoms with Crippen molar-refractivity contribution in [3.63, 3.8) is 0 Å². The van der Waals surface area contributed by atoms with Gasteiger partial charge >= 0.3 is 0 Å². The Morgan fingerprint density at radius 1 is 0.636 bits per heavy atom. The van der Waals surface area contributed by atoms with Crippen LogP contribution in [0.5, 0.6) is 0 Å². The highest BCUT2D eigenvalue weighted by Crippen LogP contribution is 2.42. The normalized spacial score (nSPS) is 22.1. The molecule has 2 aromatic carbocycles. The molecule has 0 saturated heterocycles. The van der Waals surface area contributed by atoms with E-state index in [9.17, 15) is 0 Å². The first kappa shape index (κ1) is 13.6. The molecule has 0 amide bonds. The first-order valence-electron chi connectivity index (χ1n) is 8.33. The summed E-state index contributed by atoms with van der Waals surface area (Å²) < 4.78 is 0. The van der Waals surface area contributed by atoms with E-state index in [1.54, 1.807) is 11.1 Å². The number of fused-ring (bicyclic) bond motifs is 2. The van der Waals surface area contributed by atoms with Crippen LogP contribution >= 0.6 is 0 Å². The number of allylic oxidation sites excluding steroid dienone is 2. The Kier molecular flexibility index (Phi) is 3.26. The van der Waals surface area contributed by atoms with E-state index < -0.39 is 0 Å². The summed E-state index contributed by atoms with van der Waals surface area (Å²) in [4.78, 5) is 0. The van der Waals surface area contributed by atoms with E-state index in [1.165, 1.54) is 35.1 Å². The van der Waals surface area contributed by atoms with Gasteiger partial charge in [-0.05, 0) is 35.1 Å². The molecular formula is C22H22. The van der Waals surface area contributed by atoms with Gasteiger partial charge in [0.15, 0.2) is 0 Å². The Morgan fingerprint density at radius 3 is 1.45 bits per heavy atom. The number of hydrogen-bond donors (Lipinski definition) is 0. The molecule has 2 unspecified atom stereocenters. The van der Waals surface area contributed by atoms with Crippen molar-refractivity contribution >= 4 is 12.2 Å². The fourth-order valence-electron chi connectivity index (χ4n) is 3.99. The van der Waals surface area contributed by atoms with Crippen molar-refractivity contribution in [2.45, 2.75) is 38.5 Å². The molecule has 0 fully saturated rings. The highest BCUT2D eigenvalue weighted by molar-refractivity contribution is 5.68. The summed E-state index contributed by atoms with van der Waals surface area (Å²) in [5.74, 6) is 1.16. The van der Waals surface area contributed by atoms with E-state index in [0.29, 0.717) is 11.8 Å². The average molecular weight is 286 g/mol. The van der Waals surface area contributed by atoms with Crippen LogP contribution in [0.1, 0.15) is 60.8 Å². The molecular weight excluding hydrogens is 264 g/mol. The lowest BCUT2D eigenvalue weighted by Crippen LogP contribution is -1.97. The molecule has 0 heteroatoms. The van der Waals surface area contributed by atoms with Gasteiger partial charge in [0, 0.05) is 11.8 Å². The SMILES string of the molecule is CC1C(CCC2=Cc3ccccc3C2C)=Cc2ccccc21. The first-order valence-corrected chi connectivity index (χ1v) is 8.33. The molecule has 0 spiro atoms. The predicted molar refractivity (Wildman–Crippen MR) is 94.9 cm³/mol. The third kappa shape index (κ3) is 2.14. The van der Waals surface area contributed by atoms with Gasteiger partial charge in [-0.15, -0.1) is 0 Å². The number of rotatable bonds is 3. The van der Waals surface area contributed by atoms with Gasteiger partial charge in [0.2, 0.25) is 0 Å². The molecule has 0 radical (unpaired) electrons. The van der Waals surface area contributed by atoms with E-state index >= 15 is 0 Å². The minimum atomic E-state index is 0.580. The zero-order valence-corrected chi connectivity index (χ0v) is 13.3. The quantitative estimate of drug-likeness (QED) is 0.633. The largest absolute Gasteiger partial charge is 0.0621 e. The van der Waals surface area contributed by atoms with Crippen LogP contribution in [0, 0.1) is 0 Å². The highest BCUT2D eigenvalue weighted by atomic mass is 14.3. The lowest BCUT2D eigenvalue weighted by atomic mass is 9.90. The fourth-order valence-corrected chi connectivity index (χ4v) is 3.99. The molecule has 0 saturated carbocycles.